The van der Waals surface area contributed by atoms with Gasteiger partial charge in [0.2, 0.25) is 0 Å². The van der Waals surface area contributed by atoms with Crippen LogP contribution in [0.2, 0.25) is 0 Å². The number of H-pyrrole nitrogens is 1. The number of aliphatic hydroxyl groups is 1. The number of aromatic nitrogens is 2. The second-order valence-corrected chi connectivity index (χ2v) is 7.00. The predicted molar refractivity (Wildman–Crippen MR) is 98.5 cm³/mol. The Bertz CT molecular complexity index is 686. The number of nitrogens with one attached hydrogen (secondary N) is 1. The van der Waals surface area contributed by atoms with E-state index in [-0.39, 0.29) is 12.5 Å². The maximum atomic E-state index is 9.76. The fourth-order valence-corrected chi connectivity index (χ4v) is 3.80. The lowest BCUT2D eigenvalue weighted by Crippen LogP contribution is -2.49. The summed E-state index contributed by atoms with van der Waals surface area (Å²) in [4.78, 5) is 4.65. The van der Waals surface area contributed by atoms with E-state index >= 15 is 0 Å². The highest BCUT2D eigenvalue weighted by Crippen LogP contribution is 2.28. The summed E-state index contributed by atoms with van der Waals surface area (Å²) in [5.41, 5.74) is 3.29. The van der Waals surface area contributed by atoms with Crippen molar-refractivity contribution >= 4 is 0 Å². The van der Waals surface area contributed by atoms with E-state index in [4.69, 9.17) is 4.74 Å². The van der Waals surface area contributed by atoms with E-state index in [0.29, 0.717) is 6.04 Å². The lowest BCUT2D eigenvalue weighted by molar-refractivity contribution is 0.0455. The molecule has 2 aromatic rings. The molecule has 1 saturated heterocycles. The third-order valence-electron chi connectivity index (χ3n) is 5.15. The lowest BCUT2D eigenvalue weighted by Gasteiger charge is -2.40. The van der Waals surface area contributed by atoms with Gasteiger partial charge >= 0.3 is 0 Å². The van der Waals surface area contributed by atoms with Crippen LogP contribution in [0.4, 0.5) is 0 Å². The molecule has 0 unspecified atom stereocenters. The van der Waals surface area contributed by atoms with Crippen molar-refractivity contribution in [3.05, 3.63) is 36.0 Å². The van der Waals surface area contributed by atoms with Crippen molar-refractivity contribution in [2.24, 2.45) is 5.92 Å². The first-order chi connectivity index (χ1) is 12.1. The molecule has 3 rings (SSSR count). The molecule has 2 heterocycles. The maximum Gasteiger partial charge on any atom is 0.119 e. The third kappa shape index (κ3) is 4.03. The number of benzene rings is 1. The van der Waals surface area contributed by atoms with Gasteiger partial charge in [0, 0.05) is 49.3 Å². The Morgan fingerprint density at radius 3 is 2.96 bits per heavy atom. The van der Waals surface area contributed by atoms with E-state index < -0.39 is 0 Å². The molecule has 136 valence electrons. The van der Waals surface area contributed by atoms with E-state index in [2.05, 4.69) is 40.2 Å². The van der Waals surface area contributed by atoms with E-state index in [0.717, 1.165) is 43.1 Å². The zero-order chi connectivity index (χ0) is 17.8. The SMILES string of the molecule is COc1cccc(-c2[nH]ncc2CN2CC[C@@H](N(C)C)[C@@H](CO)C2)c1. The number of rotatable bonds is 6. The third-order valence-corrected chi connectivity index (χ3v) is 5.15. The zero-order valence-corrected chi connectivity index (χ0v) is 15.3. The number of nitrogens with zero attached hydrogens (tertiary/aromatic N) is 3. The van der Waals surface area contributed by atoms with Gasteiger partial charge in [-0.1, -0.05) is 12.1 Å². The molecule has 0 aliphatic carbocycles. The number of methoxy groups -OCH3 is 1. The summed E-state index contributed by atoms with van der Waals surface area (Å²) >= 11 is 0. The van der Waals surface area contributed by atoms with Gasteiger partial charge in [0.05, 0.1) is 19.0 Å². The van der Waals surface area contributed by atoms with E-state index in [1.54, 1.807) is 7.11 Å². The van der Waals surface area contributed by atoms with E-state index in [1.165, 1.54) is 5.56 Å². The van der Waals surface area contributed by atoms with Gasteiger partial charge in [-0.2, -0.15) is 5.10 Å². The number of hydrogen-bond acceptors (Lipinski definition) is 5. The van der Waals surface area contributed by atoms with Crippen molar-refractivity contribution in [3.8, 4) is 17.0 Å². The van der Waals surface area contributed by atoms with Gasteiger partial charge in [-0.3, -0.25) is 10.00 Å². The minimum atomic E-state index is 0.230. The van der Waals surface area contributed by atoms with Gasteiger partial charge in [-0.05, 0) is 32.6 Å². The minimum absolute atomic E-state index is 0.230. The molecule has 0 spiro atoms. The molecule has 0 radical (unpaired) electrons. The molecule has 6 nitrogen and oxygen atoms in total. The maximum absolute atomic E-state index is 9.76. The number of ether oxygens (including phenoxy) is 1. The quantitative estimate of drug-likeness (QED) is 0.837. The molecular formula is C19H28N4O2. The van der Waals surface area contributed by atoms with Crippen molar-refractivity contribution in [1.29, 1.82) is 0 Å². The fraction of sp³-hybridized carbons (Fsp3) is 0.526. The summed E-state index contributed by atoms with van der Waals surface area (Å²) in [6.45, 7) is 3.00. The first kappa shape index (κ1) is 17.9. The normalized spacial score (nSPS) is 21.6. The van der Waals surface area contributed by atoms with E-state index in [1.807, 2.05) is 24.4 Å². The van der Waals surface area contributed by atoms with Crippen LogP contribution in [-0.4, -0.2) is 72.0 Å². The molecule has 1 fully saturated rings. The number of likely N-dealkylation sites (tertiary alicyclic amines) is 1. The van der Waals surface area contributed by atoms with Crippen molar-refractivity contribution in [2.45, 2.75) is 19.0 Å². The summed E-state index contributed by atoms with van der Waals surface area (Å²) in [6.07, 6.45) is 2.98. The Kier molecular flexibility index (Phi) is 5.73. The Labute approximate surface area is 149 Å². The summed E-state index contributed by atoms with van der Waals surface area (Å²) < 4.78 is 5.33. The monoisotopic (exact) mass is 344 g/mol. The summed E-state index contributed by atoms with van der Waals surface area (Å²) in [5.74, 6) is 1.13. The van der Waals surface area contributed by atoms with Crippen molar-refractivity contribution in [3.63, 3.8) is 0 Å². The van der Waals surface area contributed by atoms with Crippen molar-refractivity contribution in [2.75, 3.05) is 40.9 Å². The molecule has 0 amide bonds. The Hall–Kier alpha value is -1.89. The molecule has 25 heavy (non-hydrogen) atoms. The van der Waals surface area contributed by atoms with Crippen LogP contribution < -0.4 is 4.74 Å². The standard InChI is InChI=1S/C19H28N4O2/c1-22(2)18-7-8-23(12-16(18)13-24)11-15-10-20-21-19(15)14-5-4-6-17(9-14)25-3/h4-6,9-10,16,18,24H,7-8,11-13H2,1-3H3,(H,20,21)/t16-,18-/m1/s1. The molecule has 0 saturated carbocycles. The second kappa shape index (κ2) is 7.99. The number of piperidine rings is 1. The average Bonchev–Trinajstić information content (AvgIpc) is 3.09. The molecule has 1 aliphatic heterocycles. The van der Waals surface area contributed by atoms with Gasteiger partial charge in [0.25, 0.3) is 0 Å². The molecule has 2 N–H and O–H groups in total. The molecule has 1 aliphatic rings. The second-order valence-electron chi connectivity index (χ2n) is 7.00. The van der Waals surface area contributed by atoms with Crippen LogP contribution in [0.5, 0.6) is 5.75 Å². The van der Waals surface area contributed by atoms with Gasteiger partial charge in [0.1, 0.15) is 5.75 Å². The van der Waals surface area contributed by atoms with Crippen molar-refractivity contribution in [1.82, 2.24) is 20.0 Å². The smallest absolute Gasteiger partial charge is 0.119 e. The van der Waals surface area contributed by atoms with Crippen LogP contribution >= 0.6 is 0 Å². The van der Waals surface area contributed by atoms with Crippen LogP contribution in [0, 0.1) is 5.92 Å². The average molecular weight is 344 g/mol. The highest BCUT2D eigenvalue weighted by atomic mass is 16.5. The molecule has 6 heteroatoms. The predicted octanol–water partition coefficient (Wildman–Crippen LogP) is 1.83. The summed E-state index contributed by atoms with van der Waals surface area (Å²) in [5, 5.41) is 17.1. The molecule has 2 atom stereocenters. The van der Waals surface area contributed by atoms with Crippen LogP contribution in [-0.2, 0) is 6.54 Å². The highest BCUT2D eigenvalue weighted by molar-refractivity contribution is 5.64. The Morgan fingerprint density at radius 1 is 1.40 bits per heavy atom. The van der Waals surface area contributed by atoms with Crippen LogP contribution in [0.3, 0.4) is 0 Å². The van der Waals surface area contributed by atoms with Crippen LogP contribution in [0.1, 0.15) is 12.0 Å². The summed E-state index contributed by atoms with van der Waals surface area (Å²) in [7, 11) is 5.87. The van der Waals surface area contributed by atoms with Gasteiger partial charge in [0.15, 0.2) is 0 Å². The lowest BCUT2D eigenvalue weighted by atomic mass is 9.91. The van der Waals surface area contributed by atoms with E-state index in [9.17, 15) is 5.11 Å². The topological polar surface area (TPSA) is 64.6 Å². The number of aliphatic hydroxyl groups excluding tert-OH is 1. The highest BCUT2D eigenvalue weighted by Gasteiger charge is 2.30. The van der Waals surface area contributed by atoms with Crippen LogP contribution in [0.15, 0.2) is 30.5 Å². The molecule has 1 aromatic heterocycles. The number of aromatic amines is 1. The minimum Gasteiger partial charge on any atom is -0.497 e. The summed E-state index contributed by atoms with van der Waals surface area (Å²) in [6, 6.07) is 8.46. The number of hydrogen-bond donors (Lipinski definition) is 2. The fourth-order valence-electron chi connectivity index (χ4n) is 3.80. The zero-order valence-electron chi connectivity index (χ0n) is 15.3. The largest absolute Gasteiger partial charge is 0.497 e. The van der Waals surface area contributed by atoms with Gasteiger partial charge in [-0.25, -0.2) is 0 Å². The Balaban J connectivity index is 1.73. The Morgan fingerprint density at radius 2 is 2.24 bits per heavy atom. The molecule has 0 bridgehead atoms. The molecule has 1 aromatic carbocycles. The first-order valence-electron chi connectivity index (χ1n) is 8.78. The van der Waals surface area contributed by atoms with Crippen LogP contribution in [0.25, 0.3) is 11.3 Å². The van der Waals surface area contributed by atoms with Gasteiger partial charge in [-0.15, -0.1) is 0 Å². The first-order valence-corrected chi connectivity index (χ1v) is 8.78. The van der Waals surface area contributed by atoms with Crippen molar-refractivity contribution < 1.29 is 9.84 Å². The molecular weight excluding hydrogens is 316 g/mol. The van der Waals surface area contributed by atoms with Gasteiger partial charge < -0.3 is 14.7 Å².